The molecule has 0 bridgehead atoms. The predicted octanol–water partition coefficient (Wildman–Crippen LogP) is 5.09. The van der Waals surface area contributed by atoms with Gasteiger partial charge in [-0.1, -0.05) is 6.07 Å². The van der Waals surface area contributed by atoms with Crippen LogP contribution in [-0.2, 0) is 23.7 Å². The molecule has 192 valence electrons. The lowest BCUT2D eigenvalue weighted by molar-refractivity contribution is -0.141. The number of alkyl halides is 6. The molecule has 14 heteroatoms. The summed E-state index contributed by atoms with van der Waals surface area (Å²) in [5, 5.41) is 8.98. The molecule has 1 aliphatic rings. The van der Waals surface area contributed by atoms with Crippen molar-refractivity contribution in [2.45, 2.75) is 38.3 Å². The van der Waals surface area contributed by atoms with E-state index < -0.39 is 40.6 Å². The Morgan fingerprint density at radius 2 is 1.76 bits per heavy atom. The number of nitriles is 1. The smallest absolute Gasteiger partial charge is 0.330 e. The molecule has 1 aromatic carbocycles. The van der Waals surface area contributed by atoms with Crippen molar-refractivity contribution < 1.29 is 31.1 Å². The van der Waals surface area contributed by atoms with Crippen molar-refractivity contribution in [3.05, 3.63) is 71.4 Å². The number of halogens is 6. The fourth-order valence-corrected chi connectivity index (χ4v) is 4.25. The van der Waals surface area contributed by atoms with E-state index in [1.54, 1.807) is 19.9 Å². The van der Waals surface area contributed by atoms with Crippen LogP contribution < -0.4 is 4.90 Å². The van der Waals surface area contributed by atoms with Crippen molar-refractivity contribution in [3.8, 4) is 11.9 Å². The summed E-state index contributed by atoms with van der Waals surface area (Å²) in [7, 11) is 0. The lowest BCUT2D eigenvalue weighted by atomic mass is 10.0. The normalized spacial score (nSPS) is 15.9. The van der Waals surface area contributed by atoms with E-state index in [-0.39, 0.29) is 23.2 Å². The number of anilines is 1. The van der Waals surface area contributed by atoms with Crippen molar-refractivity contribution in [3.63, 3.8) is 0 Å². The van der Waals surface area contributed by atoms with Gasteiger partial charge in [-0.05, 0) is 55.9 Å². The molecular formula is C23H16F6N6OS. The van der Waals surface area contributed by atoms with Crippen LogP contribution in [-0.4, -0.2) is 36.0 Å². The van der Waals surface area contributed by atoms with Crippen LogP contribution in [0.3, 0.4) is 0 Å². The van der Waals surface area contributed by atoms with E-state index in [1.807, 2.05) is 0 Å². The van der Waals surface area contributed by atoms with Crippen LogP contribution in [0, 0.1) is 11.3 Å². The van der Waals surface area contributed by atoms with Gasteiger partial charge < -0.3 is 4.90 Å². The number of amides is 1. The molecule has 0 aliphatic carbocycles. The van der Waals surface area contributed by atoms with E-state index in [9.17, 15) is 31.1 Å². The highest BCUT2D eigenvalue weighted by Gasteiger charge is 2.50. The molecule has 0 atom stereocenters. The van der Waals surface area contributed by atoms with Crippen molar-refractivity contribution in [1.82, 2.24) is 19.4 Å². The molecular weight excluding hydrogens is 522 g/mol. The van der Waals surface area contributed by atoms with Gasteiger partial charge in [-0.25, -0.2) is 9.97 Å². The first-order valence-electron chi connectivity index (χ1n) is 10.5. The molecule has 3 heterocycles. The summed E-state index contributed by atoms with van der Waals surface area (Å²) in [5.41, 5.74) is -3.68. The second kappa shape index (κ2) is 8.84. The van der Waals surface area contributed by atoms with Gasteiger partial charge in [-0.15, -0.1) is 0 Å². The van der Waals surface area contributed by atoms with Crippen molar-refractivity contribution in [1.29, 1.82) is 5.26 Å². The topological polar surface area (TPSA) is 78.0 Å². The maximum Gasteiger partial charge on any atom is 0.434 e. The number of rotatable bonds is 4. The van der Waals surface area contributed by atoms with Gasteiger partial charge in [0.2, 0.25) is 0 Å². The monoisotopic (exact) mass is 538 g/mol. The van der Waals surface area contributed by atoms with E-state index >= 15 is 0 Å². The van der Waals surface area contributed by atoms with Crippen molar-refractivity contribution in [2.75, 3.05) is 4.90 Å². The summed E-state index contributed by atoms with van der Waals surface area (Å²) in [4.78, 5) is 23.2. The Morgan fingerprint density at radius 3 is 2.30 bits per heavy atom. The summed E-state index contributed by atoms with van der Waals surface area (Å²) in [5.74, 6) is -0.400. The maximum absolute atomic E-state index is 13.5. The Morgan fingerprint density at radius 1 is 1.05 bits per heavy atom. The van der Waals surface area contributed by atoms with Crippen molar-refractivity contribution in [2.24, 2.45) is 0 Å². The van der Waals surface area contributed by atoms with Gasteiger partial charge in [0.15, 0.2) is 10.8 Å². The highest BCUT2D eigenvalue weighted by Crippen LogP contribution is 2.38. The van der Waals surface area contributed by atoms with E-state index in [0.29, 0.717) is 11.6 Å². The third-order valence-electron chi connectivity index (χ3n) is 5.80. The fourth-order valence-electron chi connectivity index (χ4n) is 3.77. The number of nitrogens with zero attached hydrogens (tertiary/aromatic N) is 6. The number of hydrogen-bond acceptors (Lipinski definition) is 5. The number of hydrogen-bond donors (Lipinski definition) is 0. The van der Waals surface area contributed by atoms with Gasteiger partial charge in [0.05, 0.1) is 22.9 Å². The van der Waals surface area contributed by atoms with Crippen LogP contribution in [0.4, 0.5) is 32.0 Å². The molecule has 0 N–H and O–H groups in total. The molecule has 0 radical (unpaired) electrons. The minimum absolute atomic E-state index is 0.0431. The molecule has 1 amide bonds. The molecule has 0 spiro atoms. The molecule has 0 unspecified atom stereocenters. The van der Waals surface area contributed by atoms with Crippen LogP contribution in [0.2, 0.25) is 0 Å². The SMILES string of the molecule is CC1(C)C(=O)N(c2ccc(C#N)c(C(F)(F)F)c2)C(=S)N1Cc1ccc(-n2cnc(C(F)(F)F)c2)nc1. The molecule has 4 rings (SSSR count). The van der Waals surface area contributed by atoms with Gasteiger partial charge in [0.25, 0.3) is 5.91 Å². The lowest BCUT2D eigenvalue weighted by Gasteiger charge is -2.29. The number of benzene rings is 1. The largest absolute Gasteiger partial charge is 0.434 e. The van der Waals surface area contributed by atoms with E-state index in [0.717, 1.165) is 28.1 Å². The molecule has 3 aromatic rings. The average molecular weight is 538 g/mol. The highest BCUT2D eigenvalue weighted by molar-refractivity contribution is 7.80. The number of aromatic nitrogens is 3. The first kappa shape index (κ1) is 26.1. The Hall–Kier alpha value is -3.99. The minimum atomic E-state index is -4.82. The van der Waals surface area contributed by atoms with Crippen molar-refractivity contribution >= 4 is 28.9 Å². The van der Waals surface area contributed by atoms with E-state index in [2.05, 4.69) is 9.97 Å². The van der Waals surface area contributed by atoms with E-state index in [4.69, 9.17) is 17.5 Å². The summed E-state index contributed by atoms with van der Waals surface area (Å²) in [6.07, 6.45) is -6.25. The Kier molecular flexibility index (Phi) is 6.23. The van der Waals surface area contributed by atoms with Crippen LogP contribution in [0.15, 0.2) is 49.1 Å². The fraction of sp³-hybridized carbons (Fsp3) is 0.261. The molecule has 7 nitrogen and oxygen atoms in total. The van der Waals surface area contributed by atoms with Crippen LogP contribution in [0.1, 0.15) is 36.2 Å². The summed E-state index contributed by atoms with van der Waals surface area (Å²) >= 11 is 5.45. The number of imidazole rings is 1. The number of thiocarbonyl (C=S) groups is 1. The second-order valence-corrected chi connectivity index (χ2v) is 8.96. The molecule has 37 heavy (non-hydrogen) atoms. The number of carbonyl (C=O) groups is 1. The Balaban J connectivity index is 1.60. The molecule has 1 fully saturated rings. The minimum Gasteiger partial charge on any atom is -0.330 e. The maximum atomic E-state index is 13.5. The molecule has 1 saturated heterocycles. The Labute approximate surface area is 211 Å². The van der Waals surface area contributed by atoms with Gasteiger partial charge in [-0.2, -0.15) is 31.6 Å². The third kappa shape index (κ3) is 4.74. The van der Waals surface area contributed by atoms with E-state index in [1.165, 1.54) is 29.3 Å². The van der Waals surface area contributed by atoms with Gasteiger partial charge in [-0.3, -0.25) is 14.3 Å². The second-order valence-electron chi connectivity index (χ2n) is 8.60. The first-order chi connectivity index (χ1) is 17.1. The molecule has 0 saturated carbocycles. The van der Waals surface area contributed by atoms with Gasteiger partial charge in [0.1, 0.15) is 17.7 Å². The highest BCUT2D eigenvalue weighted by atomic mass is 32.1. The zero-order valence-electron chi connectivity index (χ0n) is 19.1. The summed E-state index contributed by atoms with van der Waals surface area (Å²) in [6, 6.07) is 7.42. The van der Waals surface area contributed by atoms with Crippen LogP contribution in [0.25, 0.3) is 5.82 Å². The number of carbonyl (C=O) groups excluding carboxylic acids is 1. The summed E-state index contributed by atoms with van der Waals surface area (Å²) in [6.45, 7) is 3.16. The summed E-state index contributed by atoms with van der Waals surface area (Å²) < 4.78 is 79.9. The third-order valence-corrected chi connectivity index (χ3v) is 6.20. The van der Waals surface area contributed by atoms with Crippen LogP contribution >= 0.6 is 12.2 Å². The average Bonchev–Trinajstić information content (AvgIpc) is 3.38. The standard InChI is InChI=1S/C23H16F6N6OS/c1-21(2)19(36)35(15-5-4-14(8-30)16(7-15)22(24,25)26)20(37)34(21)10-13-3-6-18(31-9-13)33-11-17(32-12-33)23(27,28)29/h3-7,9,11-12H,10H2,1-2H3. The quantitative estimate of drug-likeness (QED) is 0.340. The molecule has 1 aliphatic heterocycles. The lowest BCUT2D eigenvalue weighted by Crippen LogP contribution is -2.43. The Bertz CT molecular complexity index is 1420. The predicted molar refractivity (Wildman–Crippen MR) is 122 cm³/mol. The zero-order chi connectivity index (χ0) is 27.3. The first-order valence-corrected chi connectivity index (χ1v) is 10.9. The van der Waals surface area contributed by atoms with Gasteiger partial charge >= 0.3 is 12.4 Å². The number of pyridine rings is 1. The van der Waals surface area contributed by atoms with Gasteiger partial charge in [0, 0.05) is 18.9 Å². The zero-order valence-corrected chi connectivity index (χ0v) is 19.9. The van der Waals surface area contributed by atoms with Crippen LogP contribution in [0.5, 0.6) is 0 Å². The molecule has 2 aromatic heterocycles.